The molecule has 6 nitrogen and oxygen atoms in total. The second-order valence-corrected chi connectivity index (χ2v) is 7.13. The number of aryl methyl sites for hydroxylation is 1. The molecule has 1 aromatic heterocycles. The summed E-state index contributed by atoms with van der Waals surface area (Å²) in [5.74, 6) is -0.412. The number of hydrogen-bond acceptors (Lipinski definition) is 5. The molecule has 1 N–H and O–H groups in total. The number of carbonyl (C=O) groups is 2. The average molecular weight is 360 g/mol. The molecule has 1 fully saturated rings. The molecular formula is C18H20N2O4S. The lowest BCUT2D eigenvalue weighted by molar-refractivity contribution is -0.137. The molecule has 0 aliphatic carbocycles. The Morgan fingerprint density at radius 3 is 3.00 bits per heavy atom. The van der Waals surface area contributed by atoms with Crippen LogP contribution >= 0.6 is 11.3 Å². The molecule has 1 aromatic carbocycles. The van der Waals surface area contributed by atoms with Gasteiger partial charge in [-0.25, -0.2) is 4.98 Å². The second kappa shape index (κ2) is 7.65. The SMILES string of the molecule is Cc1nc(COc2cccc(C(=O)N3CCCC3CC(=O)O)c2)cs1. The fourth-order valence-corrected chi connectivity index (χ4v) is 3.63. The number of carboxylic acid groups (broad SMARTS) is 1. The largest absolute Gasteiger partial charge is 0.487 e. The molecule has 1 saturated heterocycles. The number of benzene rings is 1. The van der Waals surface area contributed by atoms with Gasteiger partial charge >= 0.3 is 5.97 Å². The van der Waals surface area contributed by atoms with Crippen LogP contribution in [0, 0.1) is 6.92 Å². The van der Waals surface area contributed by atoms with E-state index < -0.39 is 5.97 Å². The number of likely N-dealkylation sites (tertiary alicyclic amines) is 1. The quantitative estimate of drug-likeness (QED) is 0.856. The van der Waals surface area contributed by atoms with Crippen molar-refractivity contribution in [3.05, 3.63) is 45.9 Å². The predicted molar refractivity (Wildman–Crippen MR) is 93.9 cm³/mol. The molecule has 132 valence electrons. The maximum Gasteiger partial charge on any atom is 0.305 e. The highest BCUT2D eigenvalue weighted by Gasteiger charge is 2.31. The summed E-state index contributed by atoms with van der Waals surface area (Å²) >= 11 is 1.57. The van der Waals surface area contributed by atoms with E-state index in [9.17, 15) is 9.59 Å². The highest BCUT2D eigenvalue weighted by Crippen LogP contribution is 2.24. The monoisotopic (exact) mass is 360 g/mol. The molecule has 2 heterocycles. The highest BCUT2D eigenvalue weighted by atomic mass is 32.1. The van der Waals surface area contributed by atoms with Crippen molar-refractivity contribution in [2.45, 2.75) is 38.8 Å². The third kappa shape index (κ3) is 4.36. The van der Waals surface area contributed by atoms with Gasteiger partial charge in [0.05, 0.1) is 17.1 Å². The molecule has 1 atom stereocenters. The normalized spacial score (nSPS) is 16.8. The minimum absolute atomic E-state index is 0.00882. The first-order valence-corrected chi connectivity index (χ1v) is 9.07. The van der Waals surface area contributed by atoms with Gasteiger partial charge in [-0.2, -0.15) is 0 Å². The molecule has 0 saturated carbocycles. The zero-order valence-electron chi connectivity index (χ0n) is 14.0. The molecule has 25 heavy (non-hydrogen) atoms. The van der Waals surface area contributed by atoms with E-state index in [1.165, 1.54) is 0 Å². The summed E-state index contributed by atoms with van der Waals surface area (Å²) in [6.45, 7) is 2.89. The van der Waals surface area contributed by atoms with Gasteiger partial charge in [0.2, 0.25) is 0 Å². The van der Waals surface area contributed by atoms with E-state index in [2.05, 4.69) is 4.98 Å². The van der Waals surface area contributed by atoms with Crippen molar-refractivity contribution < 1.29 is 19.4 Å². The summed E-state index contributed by atoms with van der Waals surface area (Å²) in [6.07, 6.45) is 1.56. The van der Waals surface area contributed by atoms with Gasteiger partial charge in [0.25, 0.3) is 5.91 Å². The number of amides is 1. The molecule has 1 aliphatic heterocycles. The van der Waals surface area contributed by atoms with Gasteiger partial charge in [-0.1, -0.05) is 6.07 Å². The number of hydrogen-bond donors (Lipinski definition) is 1. The Hall–Kier alpha value is -2.41. The van der Waals surface area contributed by atoms with Crippen LogP contribution in [0.1, 0.15) is 40.3 Å². The molecule has 1 aliphatic rings. The van der Waals surface area contributed by atoms with E-state index in [-0.39, 0.29) is 18.4 Å². The predicted octanol–water partition coefficient (Wildman–Crippen LogP) is 3.11. The van der Waals surface area contributed by atoms with Crippen molar-refractivity contribution in [1.29, 1.82) is 0 Å². The van der Waals surface area contributed by atoms with Gasteiger partial charge in [0.1, 0.15) is 12.4 Å². The van der Waals surface area contributed by atoms with Gasteiger partial charge in [-0.3, -0.25) is 9.59 Å². The van der Waals surface area contributed by atoms with Crippen LogP contribution in [0.5, 0.6) is 5.75 Å². The lowest BCUT2D eigenvalue weighted by Gasteiger charge is -2.23. The Balaban J connectivity index is 1.67. The van der Waals surface area contributed by atoms with Crippen molar-refractivity contribution in [1.82, 2.24) is 9.88 Å². The lowest BCUT2D eigenvalue weighted by Crippen LogP contribution is -2.36. The van der Waals surface area contributed by atoms with Crippen LogP contribution in [0.15, 0.2) is 29.6 Å². The number of carboxylic acids is 1. The summed E-state index contributed by atoms with van der Waals surface area (Å²) in [5, 5.41) is 11.9. The molecule has 0 bridgehead atoms. The minimum atomic E-state index is -0.875. The van der Waals surface area contributed by atoms with Crippen molar-refractivity contribution in [2.24, 2.45) is 0 Å². The van der Waals surface area contributed by atoms with Crippen LogP contribution in [-0.2, 0) is 11.4 Å². The van der Waals surface area contributed by atoms with E-state index in [0.717, 1.165) is 23.5 Å². The molecule has 0 radical (unpaired) electrons. The van der Waals surface area contributed by atoms with Crippen LogP contribution < -0.4 is 4.74 Å². The van der Waals surface area contributed by atoms with Gasteiger partial charge < -0.3 is 14.7 Å². The Kier molecular flexibility index (Phi) is 5.33. The molecule has 0 spiro atoms. The fourth-order valence-electron chi connectivity index (χ4n) is 3.03. The number of nitrogens with zero attached hydrogens (tertiary/aromatic N) is 2. The third-order valence-electron chi connectivity index (χ3n) is 4.18. The summed E-state index contributed by atoms with van der Waals surface area (Å²) < 4.78 is 5.73. The van der Waals surface area contributed by atoms with Crippen molar-refractivity contribution in [3.8, 4) is 5.75 Å². The van der Waals surface area contributed by atoms with E-state index in [1.54, 1.807) is 40.5 Å². The van der Waals surface area contributed by atoms with Crippen LogP contribution in [0.2, 0.25) is 0 Å². The van der Waals surface area contributed by atoms with E-state index in [1.807, 2.05) is 12.3 Å². The fraction of sp³-hybridized carbons (Fsp3) is 0.389. The summed E-state index contributed by atoms with van der Waals surface area (Å²) in [5.41, 5.74) is 1.38. The average Bonchev–Trinajstić information content (AvgIpc) is 3.21. The maximum atomic E-state index is 12.7. The van der Waals surface area contributed by atoms with Crippen molar-refractivity contribution >= 4 is 23.2 Å². The zero-order valence-corrected chi connectivity index (χ0v) is 14.8. The summed E-state index contributed by atoms with van der Waals surface area (Å²) in [7, 11) is 0. The Morgan fingerprint density at radius 1 is 1.44 bits per heavy atom. The standard InChI is InChI=1S/C18H20N2O4S/c1-12-19-14(11-25-12)10-24-16-6-2-4-13(8-16)18(23)20-7-3-5-15(20)9-17(21)22/h2,4,6,8,11,15H,3,5,7,9-10H2,1H3,(H,21,22). The first-order valence-electron chi connectivity index (χ1n) is 8.19. The van der Waals surface area contributed by atoms with Gasteiger partial charge in [-0.05, 0) is 38.0 Å². The first-order chi connectivity index (χ1) is 12.0. The van der Waals surface area contributed by atoms with Crippen LogP contribution in [-0.4, -0.2) is 39.5 Å². The van der Waals surface area contributed by atoms with E-state index in [4.69, 9.17) is 9.84 Å². The van der Waals surface area contributed by atoms with Gasteiger partial charge in [-0.15, -0.1) is 11.3 Å². The number of aromatic nitrogens is 1. The van der Waals surface area contributed by atoms with Crippen molar-refractivity contribution in [2.75, 3.05) is 6.54 Å². The number of rotatable bonds is 6. The smallest absolute Gasteiger partial charge is 0.305 e. The highest BCUT2D eigenvalue weighted by molar-refractivity contribution is 7.09. The van der Waals surface area contributed by atoms with Crippen LogP contribution in [0.25, 0.3) is 0 Å². The van der Waals surface area contributed by atoms with Crippen LogP contribution in [0.3, 0.4) is 0 Å². The first kappa shape index (κ1) is 17.4. The van der Waals surface area contributed by atoms with Crippen molar-refractivity contribution in [3.63, 3.8) is 0 Å². The lowest BCUT2D eigenvalue weighted by atomic mass is 10.1. The maximum absolute atomic E-state index is 12.7. The molecular weight excluding hydrogens is 340 g/mol. The second-order valence-electron chi connectivity index (χ2n) is 6.07. The molecule has 7 heteroatoms. The van der Waals surface area contributed by atoms with Gasteiger partial charge in [0, 0.05) is 23.5 Å². The Labute approximate surface area is 150 Å². The number of aliphatic carboxylic acids is 1. The van der Waals surface area contributed by atoms with Gasteiger partial charge in [0.15, 0.2) is 0 Å². The molecule has 2 aromatic rings. The van der Waals surface area contributed by atoms with Crippen LogP contribution in [0.4, 0.5) is 0 Å². The van der Waals surface area contributed by atoms with E-state index in [0.29, 0.717) is 24.5 Å². The molecule has 1 unspecified atom stereocenters. The summed E-state index contributed by atoms with van der Waals surface area (Å²) in [6, 6.07) is 6.79. The number of thiazole rings is 1. The van der Waals surface area contributed by atoms with E-state index >= 15 is 0 Å². The Bertz CT molecular complexity index is 774. The minimum Gasteiger partial charge on any atom is -0.487 e. The number of ether oxygens (including phenoxy) is 1. The summed E-state index contributed by atoms with van der Waals surface area (Å²) in [4.78, 5) is 29.7. The topological polar surface area (TPSA) is 79.7 Å². The molecule has 3 rings (SSSR count). The zero-order chi connectivity index (χ0) is 17.8. The Morgan fingerprint density at radius 2 is 2.28 bits per heavy atom. The third-order valence-corrected chi connectivity index (χ3v) is 5.00. The molecule has 1 amide bonds. The number of carbonyl (C=O) groups excluding carboxylic acids is 1.